The van der Waals surface area contributed by atoms with Crippen LogP contribution in [0.3, 0.4) is 0 Å². The standard InChI is InChI=1S/C25H36N2O5S/c1-5-9-17-27(18-10-6-2)33(29,30)22-14-12-21(13-15-22)26-25(28)20-11-16-23(31-7-3)24(19-20)32-8-4/h11-16,19H,5-10,17-18H2,1-4H3,(H,26,28). The molecule has 2 rings (SSSR count). The maximum absolute atomic E-state index is 13.1. The highest BCUT2D eigenvalue weighted by Gasteiger charge is 2.23. The van der Waals surface area contributed by atoms with Crippen LogP contribution in [0.4, 0.5) is 5.69 Å². The monoisotopic (exact) mass is 476 g/mol. The number of carbonyl (C=O) groups is 1. The average molecular weight is 477 g/mol. The Labute approximate surface area is 198 Å². The van der Waals surface area contributed by atoms with Crippen LogP contribution in [0.5, 0.6) is 11.5 Å². The first-order chi connectivity index (χ1) is 15.9. The number of amides is 1. The van der Waals surface area contributed by atoms with Crippen molar-refractivity contribution in [1.29, 1.82) is 0 Å². The molecule has 0 aliphatic carbocycles. The fourth-order valence-electron chi connectivity index (χ4n) is 3.28. The molecule has 0 spiro atoms. The van der Waals surface area contributed by atoms with Crippen molar-refractivity contribution < 1.29 is 22.7 Å². The third-order valence-electron chi connectivity index (χ3n) is 5.08. The molecule has 0 radical (unpaired) electrons. The number of carbonyl (C=O) groups excluding carboxylic acids is 1. The number of ether oxygens (including phenoxy) is 2. The van der Waals surface area contributed by atoms with Gasteiger partial charge >= 0.3 is 0 Å². The van der Waals surface area contributed by atoms with Crippen molar-refractivity contribution in [1.82, 2.24) is 4.31 Å². The molecule has 0 saturated carbocycles. The van der Waals surface area contributed by atoms with Crippen molar-refractivity contribution in [3.63, 3.8) is 0 Å². The highest BCUT2D eigenvalue weighted by molar-refractivity contribution is 7.89. The molecule has 33 heavy (non-hydrogen) atoms. The van der Waals surface area contributed by atoms with Gasteiger partial charge in [-0.05, 0) is 69.2 Å². The van der Waals surface area contributed by atoms with E-state index >= 15 is 0 Å². The summed E-state index contributed by atoms with van der Waals surface area (Å²) >= 11 is 0. The van der Waals surface area contributed by atoms with Gasteiger partial charge < -0.3 is 14.8 Å². The van der Waals surface area contributed by atoms with Gasteiger partial charge in [0.05, 0.1) is 18.1 Å². The maximum atomic E-state index is 13.1. The second kappa shape index (κ2) is 13.2. The van der Waals surface area contributed by atoms with E-state index in [1.807, 2.05) is 27.7 Å². The number of sulfonamides is 1. The normalized spacial score (nSPS) is 11.4. The minimum Gasteiger partial charge on any atom is -0.490 e. The molecule has 1 N–H and O–H groups in total. The number of rotatable bonds is 14. The Morgan fingerprint density at radius 1 is 0.848 bits per heavy atom. The number of hydrogen-bond donors (Lipinski definition) is 1. The van der Waals surface area contributed by atoms with Crippen LogP contribution in [0.2, 0.25) is 0 Å². The first-order valence-electron chi connectivity index (χ1n) is 11.7. The molecule has 7 nitrogen and oxygen atoms in total. The van der Waals surface area contributed by atoms with Crippen LogP contribution in [0.1, 0.15) is 63.7 Å². The predicted octanol–water partition coefficient (Wildman–Crippen LogP) is 5.33. The Bertz CT molecular complexity index is 982. The van der Waals surface area contributed by atoms with E-state index in [1.165, 1.54) is 0 Å². The van der Waals surface area contributed by atoms with Crippen molar-refractivity contribution in [2.24, 2.45) is 0 Å². The van der Waals surface area contributed by atoms with E-state index in [9.17, 15) is 13.2 Å². The van der Waals surface area contributed by atoms with Crippen LogP contribution in [0.25, 0.3) is 0 Å². The molecule has 8 heteroatoms. The van der Waals surface area contributed by atoms with Crippen LogP contribution >= 0.6 is 0 Å². The lowest BCUT2D eigenvalue weighted by atomic mass is 10.2. The zero-order valence-electron chi connectivity index (χ0n) is 20.1. The van der Waals surface area contributed by atoms with Gasteiger partial charge in [-0.3, -0.25) is 4.79 Å². The molecule has 0 fully saturated rings. The molecule has 0 heterocycles. The molecule has 0 unspecified atom stereocenters. The van der Waals surface area contributed by atoms with Gasteiger partial charge in [0.25, 0.3) is 5.91 Å². The van der Waals surface area contributed by atoms with Crippen molar-refractivity contribution in [2.75, 3.05) is 31.6 Å². The topological polar surface area (TPSA) is 84.9 Å². The van der Waals surface area contributed by atoms with Crippen molar-refractivity contribution in [3.8, 4) is 11.5 Å². The molecule has 1 amide bonds. The Morgan fingerprint density at radius 3 is 1.97 bits per heavy atom. The maximum Gasteiger partial charge on any atom is 0.255 e. The lowest BCUT2D eigenvalue weighted by molar-refractivity contribution is 0.102. The fraction of sp³-hybridized carbons (Fsp3) is 0.480. The van der Waals surface area contributed by atoms with E-state index in [1.54, 1.807) is 46.8 Å². The van der Waals surface area contributed by atoms with Crippen LogP contribution in [0, 0.1) is 0 Å². The second-order valence-corrected chi connectivity index (χ2v) is 9.56. The molecule has 0 aliphatic heterocycles. The third-order valence-corrected chi connectivity index (χ3v) is 6.99. The Hall–Kier alpha value is -2.58. The summed E-state index contributed by atoms with van der Waals surface area (Å²) in [5.74, 6) is 0.774. The summed E-state index contributed by atoms with van der Waals surface area (Å²) in [6.45, 7) is 9.81. The average Bonchev–Trinajstić information content (AvgIpc) is 2.80. The Morgan fingerprint density at radius 2 is 1.42 bits per heavy atom. The minimum absolute atomic E-state index is 0.229. The predicted molar refractivity (Wildman–Crippen MR) is 132 cm³/mol. The highest BCUT2D eigenvalue weighted by atomic mass is 32.2. The van der Waals surface area contributed by atoms with Gasteiger partial charge in [0, 0.05) is 24.3 Å². The molecule has 182 valence electrons. The van der Waals surface area contributed by atoms with Gasteiger partial charge in [0.15, 0.2) is 11.5 Å². The molecular formula is C25H36N2O5S. The van der Waals surface area contributed by atoms with Gasteiger partial charge in [-0.15, -0.1) is 0 Å². The van der Waals surface area contributed by atoms with E-state index in [4.69, 9.17) is 9.47 Å². The zero-order chi connectivity index (χ0) is 24.3. The van der Waals surface area contributed by atoms with E-state index in [0.29, 0.717) is 49.1 Å². The number of benzene rings is 2. The van der Waals surface area contributed by atoms with E-state index in [-0.39, 0.29) is 10.8 Å². The summed E-state index contributed by atoms with van der Waals surface area (Å²) in [4.78, 5) is 13.0. The lowest BCUT2D eigenvalue weighted by Gasteiger charge is -2.22. The SMILES string of the molecule is CCCCN(CCCC)S(=O)(=O)c1ccc(NC(=O)c2ccc(OCC)c(OCC)c2)cc1. The second-order valence-electron chi connectivity index (χ2n) is 7.62. The van der Waals surface area contributed by atoms with Gasteiger partial charge in [-0.2, -0.15) is 4.31 Å². The van der Waals surface area contributed by atoms with E-state index in [2.05, 4.69) is 5.32 Å². The van der Waals surface area contributed by atoms with Gasteiger partial charge in [-0.1, -0.05) is 26.7 Å². The van der Waals surface area contributed by atoms with Crippen molar-refractivity contribution in [2.45, 2.75) is 58.3 Å². The van der Waals surface area contributed by atoms with Crippen molar-refractivity contribution in [3.05, 3.63) is 48.0 Å². The molecule has 0 saturated heterocycles. The van der Waals surface area contributed by atoms with Gasteiger partial charge in [0.1, 0.15) is 0 Å². The number of anilines is 1. The van der Waals surface area contributed by atoms with Gasteiger partial charge in [-0.25, -0.2) is 8.42 Å². The lowest BCUT2D eigenvalue weighted by Crippen LogP contribution is -2.33. The Balaban J connectivity index is 2.16. The first kappa shape index (κ1) is 26.7. The summed E-state index contributed by atoms with van der Waals surface area (Å²) < 4.78 is 38.9. The van der Waals surface area contributed by atoms with Crippen LogP contribution in [0.15, 0.2) is 47.4 Å². The Kier molecular flexibility index (Phi) is 10.7. The quantitative estimate of drug-likeness (QED) is 0.398. The largest absolute Gasteiger partial charge is 0.490 e. The van der Waals surface area contributed by atoms with Crippen LogP contribution in [-0.4, -0.2) is 44.9 Å². The minimum atomic E-state index is -3.57. The van der Waals surface area contributed by atoms with E-state index < -0.39 is 10.0 Å². The summed E-state index contributed by atoms with van der Waals surface area (Å²) in [6.07, 6.45) is 3.51. The molecule has 0 bridgehead atoms. The van der Waals surface area contributed by atoms with Crippen LogP contribution < -0.4 is 14.8 Å². The smallest absolute Gasteiger partial charge is 0.255 e. The summed E-state index contributed by atoms with van der Waals surface area (Å²) in [5, 5.41) is 2.81. The molecule has 0 aromatic heterocycles. The number of nitrogens with zero attached hydrogens (tertiary/aromatic N) is 1. The van der Waals surface area contributed by atoms with Gasteiger partial charge in [0.2, 0.25) is 10.0 Å². The molecule has 0 atom stereocenters. The molecule has 0 aliphatic rings. The summed E-state index contributed by atoms with van der Waals surface area (Å²) in [6, 6.07) is 11.3. The fourth-order valence-corrected chi connectivity index (χ4v) is 4.79. The molecular weight excluding hydrogens is 440 g/mol. The molecule has 2 aromatic carbocycles. The number of unbranched alkanes of at least 4 members (excludes halogenated alkanes) is 2. The third kappa shape index (κ3) is 7.47. The number of hydrogen-bond acceptors (Lipinski definition) is 5. The first-order valence-corrected chi connectivity index (χ1v) is 13.1. The highest BCUT2D eigenvalue weighted by Crippen LogP contribution is 2.29. The van der Waals surface area contributed by atoms with Crippen LogP contribution in [-0.2, 0) is 10.0 Å². The summed E-state index contributed by atoms with van der Waals surface area (Å²) in [5.41, 5.74) is 0.934. The van der Waals surface area contributed by atoms with Crippen molar-refractivity contribution >= 4 is 21.6 Å². The van der Waals surface area contributed by atoms with E-state index in [0.717, 1.165) is 25.7 Å². The number of nitrogens with one attached hydrogen (secondary N) is 1. The zero-order valence-corrected chi connectivity index (χ0v) is 20.9. The molecule has 2 aromatic rings. The summed E-state index contributed by atoms with van der Waals surface area (Å²) in [7, 11) is -3.57.